The molecule has 0 saturated heterocycles. The van der Waals surface area contributed by atoms with E-state index in [1.165, 1.54) is 55.4 Å². The molecule has 0 aromatic heterocycles. The van der Waals surface area contributed by atoms with E-state index in [-0.39, 0.29) is 37.5 Å². The first-order chi connectivity index (χ1) is 48.6. The van der Waals surface area contributed by atoms with E-state index < -0.39 is 231 Å². The minimum absolute atomic E-state index is 0.0543. The molecule has 16 N–H and O–H groups in total. The number of rotatable bonds is 42. The second-order valence-corrected chi connectivity index (χ2v) is 33.5. The Labute approximate surface area is 633 Å². The fourth-order valence-corrected chi connectivity index (χ4v) is 10.8. The van der Waals surface area contributed by atoms with Crippen LogP contribution in [0.2, 0.25) is 0 Å². The smallest absolute Gasteiger partial charge is 0.408 e. The number of nitrogens with one attached hydrogen (secondary N) is 12. The second-order valence-electron chi connectivity index (χ2n) is 33.5. The fourth-order valence-electron chi connectivity index (χ4n) is 10.8. The van der Waals surface area contributed by atoms with Crippen LogP contribution >= 0.6 is 0 Å². The second kappa shape index (κ2) is 43.0. The number of methoxy groups -OCH3 is 1. The Morgan fingerprint density at radius 3 is 0.860 bits per heavy atom. The predicted octanol–water partition coefficient (Wildman–Crippen LogP) is 1.82. The molecular weight excluding hydrogens is 1390 g/mol. The van der Waals surface area contributed by atoms with E-state index in [0.717, 1.165) is 14.0 Å². The van der Waals surface area contributed by atoms with Crippen LogP contribution in [0.25, 0.3) is 0 Å². The number of alkyl carbamates (subject to hydrolysis) is 1. The quantitative estimate of drug-likeness (QED) is 0.0388. The van der Waals surface area contributed by atoms with Gasteiger partial charge in [0.15, 0.2) is 11.3 Å². The van der Waals surface area contributed by atoms with Crippen LogP contribution < -0.4 is 75.3 Å². The van der Waals surface area contributed by atoms with Gasteiger partial charge in [0, 0.05) is 6.42 Å². The Hall–Kier alpha value is -8.36. The summed E-state index contributed by atoms with van der Waals surface area (Å²) in [5.74, 6) is -17.7. The minimum Gasteiger partial charge on any atom is -0.467 e. The van der Waals surface area contributed by atoms with Crippen LogP contribution in [0, 0.1) is 47.3 Å². The van der Waals surface area contributed by atoms with Gasteiger partial charge in [-0.15, -0.1) is 0 Å². The highest BCUT2D eigenvalue weighted by atomic mass is 16.6. The van der Waals surface area contributed by atoms with Crippen molar-refractivity contribution in [3.05, 3.63) is 0 Å². The number of ether oxygens (including phenoxy) is 2. The molecular formula is C74H133N15O18. The van der Waals surface area contributed by atoms with Crippen molar-refractivity contribution in [1.82, 2.24) is 68.7 Å². The van der Waals surface area contributed by atoms with Crippen LogP contribution in [0.3, 0.4) is 0 Å². The average molecular weight is 1520 g/mol. The summed E-state index contributed by atoms with van der Waals surface area (Å²) in [5.41, 5.74) is 5.59. The van der Waals surface area contributed by atoms with Crippen molar-refractivity contribution < 1.29 is 86.2 Å². The van der Waals surface area contributed by atoms with Crippen molar-refractivity contribution in [3.63, 3.8) is 0 Å². The van der Waals surface area contributed by atoms with Crippen molar-refractivity contribution >= 4 is 94.6 Å². The van der Waals surface area contributed by atoms with Gasteiger partial charge in [-0.05, 0) is 156 Å². The fraction of sp³-hybridized carbons (Fsp3) is 0.784. The molecule has 0 aromatic carbocycles. The highest BCUT2D eigenvalue weighted by Gasteiger charge is 2.53. The number of imide groups is 1. The van der Waals surface area contributed by atoms with Gasteiger partial charge in [-0.1, -0.05) is 111 Å². The summed E-state index contributed by atoms with van der Waals surface area (Å²) in [6.45, 7) is 43.8. The summed E-state index contributed by atoms with van der Waals surface area (Å²) in [5, 5.41) is 31.2. The van der Waals surface area contributed by atoms with Crippen LogP contribution in [0.1, 0.15) is 226 Å². The number of hydrogen-bond acceptors (Lipinski definition) is 20. The Kier molecular flexibility index (Phi) is 39.6. The van der Waals surface area contributed by atoms with E-state index >= 15 is 14.4 Å². The molecule has 0 bridgehead atoms. The van der Waals surface area contributed by atoms with Gasteiger partial charge in [-0.25, -0.2) is 9.59 Å². The molecule has 612 valence electrons. The lowest BCUT2D eigenvalue weighted by Crippen LogP contribution is -2.68. The molecule has 0 aromatic rings. The van der Waals surface area contributed by atoms with Gasteiger partial charge in [0.2, 0.25) is 65.0 Å². The summed E-state index contributed by atoms with van der Waals surface area (Å²) in [4.78, 5) is 228. The third kappa shape index (κ3) is 33.4. The zero-order chi connectivity index (χ0) is 83.8. The molecule has 13 atom stereocenters. The van der Waals surface area contributed by atoms with E-state index in [9.17, 15) is 62.3 Å². The summed E-state index contributed by atoms with van der Waals surface area (Å²) < 4.78 is 10.7. The van der Waals surface area contributed by atoms with Gasteiger partial charge < -0.3 is 84.7 Å². The number of nitrogens with two attached hydrogens (primary N) is 2. The van der Waals surface area contributed by atoms with Gasteiger partial charge in [0.1, 0.15) is 72.1 Å². The maximum atomic E-state index is 16.0. The molecule has 33 nitrogen and oxygen atoms in total. The molecule has 0 aliphatic rings. The van der Waals surface area contributed by atoms with Gasteiger partial charge >= 0.3 is 12.1 Å². The lowest BCUT2D eigenvalue weighted by Gasteiger charge is -2.41. The van der Waals surface area contributed by atoms with Crippen molar-refractivity contribution in [3.8, 4) is 0 Å². The lowest BCUT2D eigenvalue weighted by molar-refractivity contribution is -0.171. The molecule has 0 fully saturated rings. The molecule has 0 heterocycles. The van der Waals surface area contributed by atoms with Crippen LogP contribution in [0.4, 0.5) is 4.79 Å². The Balaban J connectivity index is 8.09. The topological polar surface area (TPSA) is 491 Å². The first kappa shape index (κ1) is 98.6. The molecule has 0 saturated carbocycles. The third-order valence-corrected chi connectivity index (χ3v) is 17.0. The first-order valence-electron chi connectivity index (χ1n) is 37.1. The highest BCUT2D eigenvalue weighted by Crippen LogP contribution is 2.29. The summed E-state index contributed by atoms with van der Waals surface area (Å²) in [7, 11) is 0.920. The molecule has 0 spiro atoms. The predicted molar refractivity (Wildman–Crippen MR) is 403 cm³/mol. The number of Topliss-reactive ketones (excluding diaryl/α,β-unsaturated/α-hetero) is 1. The number of hydrogen-bond donors (Lipinski definition) is 14. The van der Waals surface area contributed by atoms with Crippen LogP contribution in [-0.4, -0.2) is 201 Å². The molecule has 0 rings (SSSR count). The van der Waals surface area contributed by atoms with Crippen LogP contribution in [-0.2, 0) is 81.4 Å². The number of ketones is 1. The van der Waals surface area contributed by atoms with Crippen LogP contribution in [0.5, 0.6) is 0 Å². The molecule has 0 unspecified atom stereocenters. The zero-order valence-corrected chi connectivity index (χ0v) is 69.0. The first-order valence-corrected chi connectivity index (χ1v) is 37.1. The molecule has 33 heteroatoms. The van der Waals surface area contributed by atoms with Crippen LogP contribution in [0.15, 0.2) is 0 Å². The number of carbonyl (C=O) groups excluding carboxylic acids is 16. The normalized spacial score (nSPS) is 16.0. The highest BCUT2D eigenvalue weighted by molar-refractivity contribution is 6.09. The van der Waals surface area contributed by atoms with E-state index in [1.54, 1.807) is 132 Å². The number of amides is 14. The molecule has 0 aliphatic heterocycles. The third-order valence-electron chi connectivity index (χ3n) is 17.0. The number of nitrogens with zero attached hydrogens (tertiary/aromatic N) is 1. The largest absolute Gasteiger partial charge is 0.467 e. The lowest BCUT2D eigenvalue weighted by atomic mass is 9.85. The molecule has 0 radical (unpaired) electrons. The van der Waals surface area contributed by atoms with E-state index in [2.05, 4.69) is 63.8 Å². The van der Waals surface area contributed by atoms with Gasteiger partial charge in [-0.2, -0.15) is 0 Å². The van der Waals surface area contributed by atoms with Crippen molar-refractivity contribution in [1.29, 1.82) is 0 Å². The summed E-state index contributed by atoms with van der Waals surface area (Å²) in [6.07, 6.45) is -2.62. The molecule has 0 aliphatic carbocycles. The van der Waals surface area contributed by atoms with E-state index in [1.807, 2.05) is 0 Å². The monoisotopic (exact) mass is 1520 g/mol. The van der Waals surface area contributed by atoms with Crippen molar-refractivity contribution in [2.24, 2.45) is 58.8 Å². The summed E-state index contributed by atoms with van der Waals surface area (Å²) >= 11 is 0. The molecule has 14 amide bonds. The van der Waals surface area contributed by atoms with Gasteiger partial charge in [-0.3, -0.25) is 72.0 Å². The van der Waals surface area contributed by atoms with E-state index in [4.69, 9.17) is 20.9 Å². The van der Waals surface area contributed by atoms with E-state index in [0.29, 0.717) is 4.90 Å². The average Bonchev–Trinajstić information content (AvgIpc) is 0.765. The Bertz CT molecular complexity index is 3110. The van der Waals surface area contributed by atoms with Crippen molar-refractivity contribution in [2.45, 2.75) is 321 Å². The standard InChI is InChI=1S/C74H133N15O18/c1-35(2)30-47(81-56(91)43(17)80-64(99)55(42(15)16)88-70(105)107-71(21,22)23)51(90)34-74(28,69(104)106-29)89(66(101)50(33-38(7)8)84-59(94)46(20)79-63(98)54(41(13)14)87-68(103)73(26,27)76)65(100)49(32-37(5)6)83-58(93)45(19)77-61(96)52(39(9)10)85-60(95)48(31-36(3)4)82-57(92)44(18)78-62(97)53(40(11)12)86-67(102)72(24,25)75/h35-50,52-55H,30-34,75-76H2,1-29H3,(H,77,96)(H,78,97)(H,79,98)(H,80,99)(H,81,91)(H,82,92)(H,83,93)(H,84,94)(H,85,95)(H,86,102)(H,87,103)(H,88,105)/t43-,44-,45-,46-,47-,48-,49-,50-,52-,53-,54-,55-,74-/m0/s1. The Morgan fingerprint density at radius 2 is 0.589 bits per heavy atom. The molecule has 107 heavy (non-hydrogen) atoms. The number of esters is 1. The van der Waals surface area contributed by atoms with Gasteiger partial charge in [0.25, 0.3) is 11.8 Å². The maximum absolute atomic E-state index is 16.0. The van der Waals surface area contributed by atoms with Crippen molar-refractivity contribution in [2.75, 3.05) is 7.11 Å². The Morgan fingerprint density at radius 1 is 0.327 bits per heavy atom. The zero-order valence-electron chi connectivity index (χ0n) is 69.0. The number of carbonyl (C=O) groups is 16. The minimum atomic E-state index is -2.73. The SMILES string of the molecule is COC(=O)[C@](C)(CC(=O)[C@H](CC(C)C)NC(=O)[C@H](C)NC(=O)[C@@H](NC(=O)OC(C)(C)C)C(C)C)N(C(=O)[C@H](CC(C)C)NC(=O)[C@H](C)NC(=O)[C@@H](NC(=O)[C@H](CC(C)C)NC(=O)[C@H](C)NC(=O)[C@@H](NC(=O)C(C)(C)N)C(C)C)C(C)C)C(=O)[C@H](CC(C)C)NC(=O)[C@H](C)NC(=O)[C@@H](NC(=O)C(C)(C)N)C(C)C. The van der Waals surface area contributed by atoms with Gasteiger partial charge in [0.05, 0.1) is 24.2 Å². The maximum Gasteiger partial charge on any atom is 0.408 e. The summed E-state index contributed by atoms with van der Waals surface area (Å²) in [6, 6.07) is -16.9.